The lowest BCUT2D eigenvalue weighted by atomic mass is 10.3. The Hall–Kier alpha value is -2.11. The van der Waals surface area contributed by atoms with Gasteiger partial charge in [0.05, 0.1) is 0 Å². The molecule has 0 radical (unpaired) electrons. The molecule has 120 valence electrons. The SMILES string of the molecule is CCNC(=NCC1CC1)NCCC(=O)Nc1ccc(C)cn1. The number of anilines is 1. The van der Waals surface area contributed by atoms with Crippen LogP contribution in [0.2, 0.25) is 0 Å². The molecule has 1 saturated carbocycles. The van der Waals surface area contributed by atoms with Crippen LogP contribution in [0.25, 0.3) is 0 Å². The number of aryl methyl sites for hydroxylation is 1. The number of guanidine groups is 1. The molecule has 0 saturated heterocycles. The number of aromatic nitrogens is 1. The number of carbonyl (C=O) groups excluding carboxylic acids is 1. The van der Waals surface area contributed by atoms with Crippen molar-refractivity contribution in [3.05, 3.63) is 23.9 Å². The van der Waals surface area contributed by atoms with Crippen LogP contribution in [-0.2, 0) is 4.79 Å². The van der Waals surface area contributed by atoms with Gasteiger partial charge in [-0.2, -0.15) is 0 Å². The molecule has 2 rings (SSSR count). The summed E-state index contributed by atoms with van der Waals surface area (Å²) in [6.45, 7) is 6.23. The quantitative estimate of drug-likeness (QED) is 0.529. The molecule has 6 nitrogen and oxygen atoms in total. The summed E-state index contributed by atoms with van der Waals surface area (Å²) in [6.07, 6.45) is 4.69. The van der Waals surface area contributed by atoms with Crippen molar-refractivity contribution in [2.45, 2.75) is 33.1 Å². The first kappa shape index (κ1) is 16.3. The highest BCUT2D eigenvalue weighted by Crippen LogP contribution is 2.28. The molecule has 0 aliphatic heterocycles. The molecule has 0 atom stereocenters. The predicted molar refractivity (Wildman–Crippen MR) is 88.9 cm³/mol. The highest BCUT2D eigenvalue weighted by molar-refractivity contribution is 5.90. The van der Waals surface area contributed by atoms with E-state index in [1.54, 1.807) is 6.20 Å². The third-order valence-electron chi connectivity index (χ3n) is 3.37. The number of pyridine rings is 1. The predicted octanol–water partition coefficient (Wildman–Crippen LogP) is 1.68. The van der Waals surface area contributed by atoms with Crippen LogP contribution in [0.4, 0.5) is 5.82 Å². The second kappa shape index (κ2) is 8.36. The zero-order chi connectivity index (χ0) is 15.8. The molecule has 1 heterocycles. The molecule has 1 aromatic rings. The molecule has 22 heavy (non-hydrogen) atoms. The third kappa shape index (κ3) is 6.11. The molecule has 0 unspecified atom stereocenters. The van der Waals surface area contributed by atoms with Gasteiger partial charge in [0.1, 0.15) is 5.82 Å². The third-order valence-corrected chi connectivity index (χ3v) is 3.37. The lowest BCUT2D eigenvalue weighted by Gasteiger charge is -2.11. The zero-order valence-corrected chi connectivity index (χ0v) is 13.4. The van der Waals surface area contributed by atoms with E-state index in [0.717, 1.165) is 30.5 Å². The lowest BCUT2D eigenvalue weighted by molar-refractivity contribution is -0.116. The summed E-state index contributed by atoms with van der Waals surface area (Å²) in [5, 5.41) is 9.16. The van der Waals surface area contributed by atoms with E-state index in [9.17, 15) is 4.79 Å². The average molecular weight is 303 g/mol. The number of amides is 1. The van der Waals surface area contributed by atoms with E-state index in [2.05, 4.69) is 25.9 Å². The van der Waals surface area contributed by atoms with E-state index in [1.165, 1.54) is 12.8 Å². The van der Waals surface area contributed by atoms with E-state index in [4.69, 9.17) is 0 Å². The van der Waals surface area contributed by atoms with Gasteiger partial charge in [0.2, 0.25) is 5.91 Å². The van der Waals surface area contributed by atoms with Crippen LogP contribution in [0.1, 0.15) is 31.7 Å². The molecule has 1 amide bonds. The smallest absolute Gasteiger partial charge is 0.227 e. The Bertz CT molecular complexity index is 508. The molecule has 0 spiro atoms. The number of rotatable bonds is 7. The normalized spacial score (nSPS) is 14.5. The molecule has 6 heteroatoms. The Labute approximate surface area is 131 Å². The molecule has 1 aliphatic carbocycles. The van der Waals surface area contributed by atoms with Crippen molar-refractivity contribution in [1.29, 1.82) is 0 Å². The lowest BCUT2D eigenvalue weighted by Crippen LogP contribution is -2.38. The Morgan fingerprint density at radius 1 is 1.36 bits per heavy atom. The van der Waals surface area contributed by atoms with E-state index in [1.807, 2.05) is 26.0 Å². The molecule has 1 aliphatic rings. The minimum atomic E-state index is -0.0538. The van der Waals surface area contributed by atoms with Crippen LogP contribution >= 0.6 is 0 Å². The summed E-state index contributed by atoms with van der Waals surface area (Å²) in [7, 11) is 0. The van der Waals surface area contributed by atoms with Crippen LogP contribution in [0.15, 0.2) is 23.3 Å². The highest BCUT2D eigenvalue weighted by Gasteiger charge is 2.20. The Kier molecular flexibility index (Phi) is 6.18. The fourth-order valence-corrected chi connectivity index (χ4v) is 1.90. The maximum absolute atomic E-state index is 11.9. The summed E-state index contributed by atoms with van der Waals surface area (Å²) < 4.78 is 0. The fraction of sp³-hybridized carbons (Fsp3) is 0.562. The van der Waals surface area contributed by atoms with E-state index >= 15 is 0 Å². The molecule has 0 aromatic carbocycles. The molecular weight excluding hydrogens is 278 g/mol. The molecule has 1 aromatic heterocycles. The number of hydrogen-bond donors (Lipinski definition) is 3. The van der Waals surface area contributed by atoms with Crippen molar-refractivity contribution in [3.63, 3.8) is 0 Å². The van der Waals surface area contributed by atoms with Crippen molar-refractivity contribution >= 4 is 17.7 Å². The van der Waals surface area contributed by atoms with Gasteiger partial charge < -0.3 is 16.0 Å². The van der Waals surface area contributed by atoms with Gasteiger partial charge in [0, 0.05) is 32.3 Å². The number of hydrogen-bond acceptors (Lipinski definition) is 3. The second-order valence-electron chi connectivity index (χ2n) is 5.61. The Morgan fingerprint density at radius 3 is 2.82 bits per heavy atom. The van der Waals surface area contributed by atoms with Gasteiger partial charge in [-0.1, -0.05) is 6.07 Å². The van der Waals surface area contributed by atoms with Crippen LogP contribution in [0.5, 0.6) is 0 Å². The Morgan fingerprint density at radius 2 is 2.18 bits per heavy atom. The van der Waals surface area contributed by atoms with Gasteiger partial charge in [0.25, 0.3) is 0 Å². The summed E-state index contributed by atoms with van der Waals surface area (Å²) in [5.41, 5.74) is 1.07. The summed E-state index contributed by atoms with van der Waals surface area (Å²) in [4.78, 5) is 20.5. The maximum atomic E-state index is 11.9. The first-order valence-corrected chi connectivity index (χ1v) is 7.92. The van der Waals surface area contributed by atoms with Crippen molar-refractivity contribution in [3.8, 4) is 0 Å². The minimum Gasteiger partial charge on any atom is -0.357 e. The van der Waals surface area contributed by atoms with Crippen molar-refractivity contribution in [2.24, 2.45) is 10.9 Å². The Balaban J connectivity index is 1.69. The van der Waals surface area contributed by atoms with Crippen molar-refractivity contribution in [1.82, 2.24) is 15.6 Å². The minimum absolute atomic E-state index is 0.0538. The van der Waals surface area contributed by atoms with Gasteiger partial charge in [-0.15, -0.1) is 0 Å². The van der Waals surface area contributed by atoms with Crippen molar-refractivity contribution in [2.75, 3.05) is 25.0 Å². The first-order valence-electron chi connectivity index (χ1n) is 7.92. The van der Waals surface area contributed by atoms with Crippen LogP contribution in [-0.4, -0.2) is 36.5 Å². The summed E-state index contributed by atoms with van der Waals surface area (Å²) >= 11 is 0. The zero-order valence-electron chi connectivity index (χ0n) is 13.4. The molecule has 3 N–H and O–H groups in total. The number of nitrogens with zero attached hydrogens (tertiary/aromatic N) is 2. The number of carbonyl (C=O) groups is 1. The largest absolute Gasteiger partial charge is 0.357 e. The second-order valence-corrected chi connectivity index (χ2v) is 5.61. The topological polar surface area (TPSA) is 78.4 Å². The number of aliphatic imine (C=N–C) groups is 1. The first-order chi connectivity index (χ1) is 10.7. The van der Waals surface area contributed by atoms with Gasteiger partial charge in [-0.25, -0.2) is 4.98 Å². The van der Waals surface area contributed by atoms with E-state index < -0.39 is 0 Å². The molecular formula is C16H25N5O. The van der Waals surface area contributed by atoms with Crippen molar-refractivity contribution < 1.29 is 4.79 Å². The van der Waals surface area contributed by atoms with Crippen LogP contribution in [0.3, 0.4) is 0 Å². The van der Waals surface area contributed by atoms with Crippen LogP contribution in [0, 0.1) is 12.8 Å². The molecule has 1 fully saturated rings. The maximum Gasteiger partial charge on any atom is 0.227 e. The molecule has 0 bridgehead atoms. The number of nitrogens with one attached hydrogen (secondary N) is 3. The van der Waals surface area contributed by atoms with Gasteiger partial charge in [0.15, 0.2) is 5.96 Å². The van der Waals surface area contributed by atoms with Gasteiger partial charge in [-0.3, -0.25) is 9.79 Å². The van der Waals surface area contributed by atoms with Crippen LogP contribution < -0.4 is 16.0 Å². The van der Waals surface area contributed by atoms with Gasteiger partial charge >= 0.3 is 0 Å². The average Bonchev–Trinajstić information content (AvgIpc) is 3.31. The monoisotopic (exact) mass is 303 g/mol. The standard InChI is InChI=1S/C16H25N5O/c1-3-17-16(20-11-13-5-6-13)18-9-8-15(22)21-14-7-4-12(2)10-19-14/h4,7,10,13H,3,5-6,8-9,11H2,1-2H3,(H2,17,18,20)(H,19,21,22). The van der Waals surface area contributed by atoms with E-state index in [0.29, 0.717) is 18.8 Å². The fourth-order valence-electron chi connectivity index (χ4n) is 1.90. The summed E-state index contributed by atoms with van der Waals surface area (Å²) in [6, 6.07) is 3.73. The summed E-state index contributed by atoms with van der Waals surface area (Å²) in [5.74, 6) is 2.08. The highest BCUT2D eigenvalue weighted by atomic mass is 16.1. The van der Waals surface area contributed by atoms with Gasteiger partial charge in [-0.05, 0) is 44.2 Å². The van der Waals surface area contributed by atoms with E-state index in [-0.39, 0.29) is 5.91 Å².